The van der Waals surface area contributed by atoms with Crippen LogP contribution in [-0.2, 0) is 6.42 Å². The summed E-state index contributed by atoms with van der Waals surface area (Å²) < 4.78 is 13.0. The molecular weight excluding hydrogens is 261 g/mol. The van der Waals surface area contributed by atoms with Gasteiger partial charge in [-0.2, -0.15) is 0 Å². The van der Waals surface area contributed by atoms with Crippen LogP contribution in [0.15, 0.2) is 24.3 Å². The van der Waals surface area contributed by atoms with Crippen LogP contribution in [0.25, 0.3) is 0 Å². The Morgan fingerprint density at radius 1 is 1.00 bits per heavy atom. The molecule has 1 fully saturated rings. The van der Waals surface area contributed by atoms with Gasteiger partial charge in [0.25, 0.3) is 0 Å². The van der Waals surface area contributed by atoms with E-state index in [0.717, 1.165) is 19.5 Å². The Balaban J connectivity index is 1.87. The molecule has 0 heterocycles. The summed E-state index contributed by atoms with van der Waals surface area (Å²) in [6.07, 6.45) is 11.8. The van der Waals surface area contributed by atoms with E-state index in [1.165, 1.54) is 56.9 Å². The minimum Gasteiger partial charge on any atom is -0.317 e. The monoisotopic (exact) mass is 291 g/mol. The molecule has 2 rings (SSSR count). The van der Waals surface area contributed by atoms with Gasteiger partial charge in [0, 0.05) is 0 Å². The number of aryl methyl sites for hydroxylation is 1. The minimum absolute atomic E-state index is 0.130. The topological polar surface area (TPSA) is 12.0 Å². The van der Waals surface area contributed by atoms with Gasteiger partial charge in [0.05, 0.1) is 0 Å². The van der Waals surface area contributed by atoms with E-state index in [1.807, 2.05) is 12.1 Å². The van der Waals surface area contributed by atoms with E-state index in [0.29, 0.717) is 5.41 Å². The van der Waals surface area contributed by atoms with Gasteiger partial charge in [0.1, 0.15) is 5.82 Å². The number of rotatable bonds is 8. The first-order valence-corrected chi connectivity index (χ1v) is 8.69. The molecule has 1 N–H and O–H groups in total. The van der Waals surface area contributed by atoms with E-state index >= 15 is 0 Å². The highest BCUT2D eigenvalue weighted by molar-refractivity contribution is 5.16. The van der Waals surface area contributed by atoms with Gasteiger partial charge in [-0.05, 0) is 74.7 Å². The van der Waals surface area contributed by atoms with Crippen LogP contribution in [0.2, 0.25) is 0 Å². The maximum atomic E-state index is 13.0. The van der Waals surface area contributed by atoms with Crippen LogP contribution >= 0.6 is 0 Å². The van der Waals surface area contributed by atoms with Gasteiger partial charge in [0.2, 0.25) is 0 Å². The Kier molecular flexibility index (Phi) is 6.69. The van der Waals surface area contributed by atoms with Crippen molar-refractivity contribution in [3.05, 3.63) is 35.6 Å². The molecule has 0 saturated heterocycles. The van der Waals surface area contributed by atoms with E-state index in [-0.39, 0.29) is 5.82 Å². The summed E-state index contributed by atoms with van der Waals surface area (Å²) >= 11 is 0. The third kappa shape index (κ3) is 5.43. The SMILES string of the molecule is CCCNCCC1(CCc2ccc(F)cc2)CCCCC1. The highest BCUT2D eigenvalue weighted by Gasteiger charge is 2.30. The molecule has 0 aliphatic heterocycles. The number of hydrogen-bond acceptors (Lipinski definition) is 1. The summed E-state index contributed by atoms with van der Waals surface area (Å²) in [5, 5.41) is 3.56. The summed E-state index contributed by atoms with van der Waals surface area (Å²) in [6, 6.07) is 7.07. The van der Waals surface area contributed by atoms with E-state index in [2.05, 4.69) is 12.2 Å². The van der Waals surface area contributed by atoms with Crippen molar-refractivity contribution in [2.45, 2.75) is 64.7 Å². The predicted octanol–water partition coefficient (Wildman–Crippen LogP) is 5.10. The molecule has 1 aromatic carbocycles. The number of halogens is 1. The quantitative estimate of drug-likeness (QED) is 0.657. The van der Waals surface area contributed by atoms with Gasteiger partial charge in [-0.3, -0.25) is 0 Å². The standard InChI is InChI=1S/C19H30FN/c1-2-15-21-16-14-19(11-4-3-5-12-19)13-10-17-6-8-18(20)9-7-17/h6-9,21H,2-5,10-16H2,1H3. The van der Waals surface area contributed by atoms with Gasteiger partial charge in [0.15, 0.2) is 0 Å². The molecule has 0 unspecified atom stereocenters. The summed E-state index contributed by atoms with van der Waals surface area (Å²) in [7, 11) is 0. The second-order valence-corrected chi connectivity index (χ2v) is 6.69. The highest BCUT2D eigenvalue weighted by atomic mass is 19.1. The molecular formula is C19H30FN. The second-order valence-electron chi connectivity index (χ2n) is 6.69. The van der Waals surface area contributed by atoms with Crippen LogP contribution < -0.4 is 5.32 Å². The zero-order valence-electron chi connectivity index (χ0n) is 13.5. The molecule has 0 spiro atoms. The molecule has 0 amide bonds. The average molecular weight is 291 g/mol. The lowest BCUT2D eigenvalue weighted by atomic mass is 9.68. The van der Waals surface area contributed by atoms with E-state index in [9.17, 15) is 4.39 Å². The lowest BCUT2D eigenvalue weighted by molar-refractivity contribution is 0.156. The number of benzene rings is 1. The van der Waals surface area contributed by atoms with Crippen LogP contribution in [0.1, 0.15) is 63.9 Å². The van der Waals surface area contributed by atoms with Crippen molar-refractivity contribution in [2.75, 3.05) is 13.1 Å². The Bertz CT molecular complexity index is 393. The zero-order valence-corrected chi connectivity index (χ0v) is 13.5. The lowest BCUT2D eigenvalue weighted by Gasteiger charge is -2.38. The zero-order chi connectivity index (χ0) is 15.0. The molecule has 1 aliphatic carbocycles. The summed E-state index contributed by atoms with van der Waals surface area (Å²) in [5.74, 6) is -0.130. The molecule has 0 radical (unpaired) electrons. The maximum absolute atomic E-state index is 13.0. The summed E-state index contributed by atoms with van der Waals surface area (Å²) in [4.78, 5) is 0. The summed E-state index contributed by atoms with van der Waals surface area (Å²) in [6.45, 7) is 4.50. The molecule has 1 saturated carbocycles. The van der Waals surface area contributed by atoms with Crippen LogP contribution in [0.5, 0.6) is 0 Å². The van der Waals surface area contributed by atoms with Crippen molar-refractivity contribution in [2.24, 2.45) is 5.41 Å². The smallest absolute Gasteiger partial charge is 0.123 e. The fraction of sp³-hybridized carbons (Fsp3) is 0.684. The second kappa shape index (κ2) is 8.53. The number of hydrogen-bond donors (Lipinski definition) is 1. The van der Waals surface area contributed by atoms with Gasteiger partial charge in [-0.15, -0.1) is 0 Å². The molecule has 1 nitrogen and oxygen atoms in total. The van der Waals surface area contributed by atoms with Crippen molar-refractivity contribution < 1.29 is 4.39 Å². The fourth-order valence-corrected chi connectivity index (χ4v) is 3.64. The highest BCUT2D eigenvalue weighted by Crippen LogP contribution is 2.42. The fourth-order valence-electron chi connectivity index (χ4n) is 3.64. The van der Waals surface area contributed by atoms with E-state index in [4.69, 9.17) is 0 Å². The summed E-state index contributed by atoms with van der Waals surface area (Å²) in [5.41, 5.74) is 1.80. The first-order chi connectivity index (χ1) is 10.2. The van der Waals surface area contributed by atoms with Crippen LogP contribution in [0.4, 0.5) is 4.39 Å². The normalized spacial score (nSPS) is 17.8. The molecule has 1 aliphatic rings. The lowest BCUT2D eigenvalue weighted by Crippen LogP contribution is -2.30. The van der Waals surface area contributed by atoms with Crippen molar-refractivity contribution in [1.82, 2.24) is 5.32 Å². The van der Waals surface area contributed by atoms with Crippen molar-refractivity contribution in [3.63, 3.8) is 0 Å². The third-order valence-corrected chi connectivity index (χ3v) is 5.03. The molecule has 1 aromatic rings. The Hall–Kier alpha value is -0.890. The molecule has 0 atom stereocenters. The first-order valence-electron chi connectivity index (χ1n) is 8.69. The van der Waals surface area contributed by atoms with E-state index < -0.39 is 0 Å². The Morgan fingerprint density at radius 2 is 1.71 bits per heavy atom. The molecule has 21 heavy (non-hydrogen) atoms. The predicted molar refractivity (Wildman–Crippen MR) is 88.0 cm³/mol. The van der Waals surface area contributed by atoms with Crippen molar-refractivity contribution >= 4 is 0 Å². The van der Waals surface area contributed by atoms with Gasteiger partial charge >= 0.3 is 0 Å². The third-order valence-electron chi connectivity index (χ3n) is 5.03. The molecule has 0 aromatic heterocycles. The minimum atomic E-state index is -0.130. The van der Waals surface area contributed by atoms with Gasteiger partial charge < -0.3 is 5.32 Å². The first kappa shape index (κ1) is 16.5. The van der Waals surface area contributed by atoms with Gasteiger partial charge in [-0.25, -0.2) is 4.39 Å². The number of nitrogens with one attached hydrogen (secondary N) is 1. The molecule has 0 bridgehead atoms. The van der Waals surface area contributed by atoms with Crippen LogP contribution in [-0.4, -0.2) is 13.1 Å². The van der Waals surface area contributed by atoms with Crippen LogP contribution in [0, 0.1) is 11.2 Å². The van der Waals surface area contributed by atoms with E-state index in [1.54, 1.807) is 12.1 Å². The largest absolute Gasteiger partial charge is 0.317 e. The van der Waals surface area contributed by atoms with Crippen molar-refractivity contribution in [1.29, 1.82) is 0 Å². The van der Waals surface area contributed by atoms with Crippen LogP contribution in [0.3, 0.4) is 0 Å². The van der Waals surface area contributed by atoms with Gasteiger partial charge in [-0.1, -0.05) is 38.3 Å². The van der Waals surface area contributed by atoms with Crippen molar-refractivity contribution in [3.8, 4) is 0 Å². The maximum Gasteiger partial charge on any atom is 0.123 e. The molecule has 2 heteroatoms. The molecule has 118 valence electrons. The average Bonchev–Trinajstić information content (AvgIpc) is 2.52. The Labute approximate surface area is 129 Å². The Morgan fingerprint density at radius 3 is 2.38 bits per heavy atom.